The number of fused-ring (bicyclic) bond motifs is 2. The number of hydrogen-bond acceptors (Lipinski definition) is 4. The van der Waals surface area contributed by atoms with E-state index in [1.807, 2.05) is 24.3 Å². The molecule has 6 nitrogen and oxygen atoms in total. The number of anilines is 1. The van der Waals surface area contributed by atoms with Gasteiger partial charge in [-0.2, -0.15) is 0 Å². The lowest BCUT2D eigenvalue weighted by Gasteiger charge is -2.36. The molecule has 0 saturated heterocycles. The molecule has 142 valence electrons. The maximum absolute atomic E-state index is 13.4. The van der Waals surface area contributed by atoms with Gasteiger partial charge in [0.05, 0.1) is 30.3 Å². The van der Waals surface area contributed by atoms with Gasteiger partial charge >= 0.3 is 5.97 Å². The molecule has 2 N–H and O–H groups in total. The van der Waals surface area contributed by atoms with E-state index in [0.717, 1.165) is 10.8 Å². The van der Waals surface area contributed by atoms with Gasteiger partial charge < -0.3 is 15.2 Å². The second-order valence-electron chi connectivity index (χ2n) is 6.75. The van der Waals surface area contributed by atoms with Crippen molar-refractivity contribution in [1.29, 1.82) is 0 Å². The summed E-state index contributed by atoms with van der Waals surface area (Å²) in [5.41, 5.74) is -0.274. The van der Waals surface area contributed by atoms with E-state index in [4.69, 9.17) is 16.3 Å². The summed E-state index contributed by atoms with van der Waals surface area (Å²) in [6, 6.07) is 12.5. The van der Waals surface area contributed by atoms with E-state index in [9.17, 15) is 14.7 Å². The predicted molar refractivity (Wildman–Crippen MR) is 106 cm³/mol. The zero-order chi connectivity index (χ0) is 19.7. The van der Waals surface area contributed by atoms with Crippen molar-refractivity contribution in [3.63, 3.8) is 0 Å². The van der Waals surface area contributed by atoms with E-state index in [1.54, 1.807) is 30.6 Å². The summed E-state index contributed by atoms with van der Waals surface area (Å²) in [4.78, 5) is 29.3. The summed E-state index contributed by atoms with van der Waals surface area (Å²) in [7, 11) is 0. The Hall–Kier alpha value is -3.12. The molecule has 28 heavy (non-hydrogen) atoms. The van der Waals surface area contributed by atoms with Crippen molar-refractivity contribution in [2.24, 2.45) is 0 Å². The Labute approximate surface area is 166 Å². The lowest BCUT2D eigenvalue weighted by atomic mass is 9.72. The van der Waals surface area contributed by atoms with Crippen LogP contribution in [0.1, 0.15) is 18.4 Å². The number of aliphatic carboxylic acids is 1. The molecule has 2 heterocycles. The van der Waals surface area contributed by atoms with E-state index in [-0.39, 0.29) is 19.4 Å². The van der Waals surface area contributed by atoms with Gasteiger partial charge in [-0.3, -0.25) is 14.6 Å². The molecule has 0 radical (unpaired) electrons. The number of hydrogen-bond donors (Lipinski definition) is 2. The van der Waals surface area contributed by atoms with E-state index >= 15 is 0 Å². The number of carboxylic acids is 1. The number of carbonyl (C=O) groups excluding carboxylic acids is 1. The molecule has 0 fully saturated rings. The fourth-order valence-corrected chi connectivity index (χ4v) is 3.86. The molecule has 1 unspecified atom stereocenters. The van der Waals surface area contributed by atoms with E-state index in [0.29, 0.717) is 22.0 Å². The number of amides is 1. The van der Waals surface area contributed by atoms with E-state index < -0.39 is 17.3 Å². The molecule has 0 aliphatic carbocycles. The second kappa shape index (κ2) is 7.13. The number of ether oxygens (including phenoxy) is 1. The SMILES string of the molecule is O=C(O)CC1(C(=O)Nc2cncc3ccccc23)CCOc2ccc(Cl)cc21. The Morgan fingerprint density at radius 1 is 1.21 bits per heavy atom. The number of halogens is 1. The van der Waals surface area contributed by atoms with Gasteiger partial charge in [0, 0.05) is 34.0 Å². The average Bonchev–Trinajstić information content (AvgIpc) is 2.68. The normalized spacial score (nSPS) is 18.2. The van der Waals surface area contributed by atoms with Gasteiger partial charge in [-0.1, -0.05) is 35.9 Å². The first-order valence-electron chi connectivity index (χ1n) is 8.78. The molecule has 1 aliphatic heterocycles. The number of pyridine rings is 1. The molecular formula is C21H17ClN2O4. The minimum absolute atomic E-state index is 0.233. The van der Waals surface area contributed by atoms with Gasteiger partial charge in [-0.05, 0) is 18.2 Å². The summed E-state index contributed by atoms with van der Waals surface area (Å²) in [5.74, 6) is -1.01. The fraction of sp³-hybridized carbons (Fsp3) is 0.190. The summed E-state index contributed by atoms with van der Waals surface area (Å²) in [5, 5.41) is 14.6. The van der Waals surface area contributed by atoms with Crippen LogP contribution in [0.25, 0.3) is 10.8 Å². The fourth-order valence-electron chi connectivity index (χ4n) is 3.69. The zero-order valence-corrected chi connectivity index (χ0v) is 15.6. The summed E-state index contributed by atoms with van der Waals surface area (Å²) < 4.78 is 5.64. The molecule has 0 saturated carbocycles. The van der Waals surface area contributed by atoms with Crippen LogP contribution in [0, 0.1) is 0 Å². The number of aromatic nitrogens is 1. The first-order valence-corrected chi connectivity index (χ1v) is 9.16. The quantitative estimate of drug-likeness (QED) is 0.695. The first-order chi connectivity index (χ1) is 13.5. The van der Waals surface area contributed by atoms with Crippen molar-refractivity contribution in [1.82, 2.24) is 4.98 Å². The number of carboxylic acid groups (broad SMARTS) is 1. The van der Waals surface area contributed by atoms with Gasteiger partial charge in [0.25, 0.3) is 0 Å². The molecule has 7 heteroatoms. The average molecular weight is 397 g/mol. The number of rotatable bonds is 4. The maximum atomic E-state index is 13.4. The molecule has 1 amide bonds. The summed E-state index contributed by atoms with van der Waals surface area (Å²) in [6.07, 6.45) is 3.14. The highest BCUT2D eigenvalue weighted by molar-refractivity contribution is 6.30. The van der Waals surface area contributed by atoms with Crippen LogP contribution < -0.4 is 10.1 Å². The zero-order valence-electron chi connectivity index (χ0n) is 14.8. The van der Waals surface area contributed by atoms with Crippen LogP contribution >= 0.6 is 11.6 Å². The van der Waals surface area contributed by atoms with Crippen molar-refractivity contribution in [2.45, 2.75) is 18.3 Å². The monoisotopic (exact) mass is 396 g/mol. The van der Waals surface area contributed by atoms with Crippen molar-refractivity contribution >= 4 is 39.9 Å². The second-order valence-corrected chi connectivity index (χ2v) is 7.19. The van der Waals surface area contributed by atoms with Gasteiger partial charge in [-0.15, -0.1) is 0 Å². The third-order valence-corrected chi connectivity index (χ3v) is 5.28. The highest BCUT2D eigenvalue weighted by atomic mass is 35.5. The maximum Gasteiger partial charge on any atom is 0.304 e. The summed E-state index contributed by atoms with van der Waals surface area (Å²) >= 11 is 6.14. The minimum Gasteiger partial charge on any atom is -0.493 e. The van der Waals surface area contributed by atoms with Gasteiger partial charge in [0.15, 0.2) is 0 Å². The third-order valence-electron chi connectivity index (χ3n) is 5.05. The molecule has 2 aromatic carbocycles. The largest absolute Gasteiger partial charge is 0.493 e. The van der Waals surface area contributed by atoms with E-state index in [1.165, 1.54) is 0 Å². The van der Waals surface area contributed by atoms with Gasteiger partial charge in [-0.25, -0.2) is 0 Å². The number of nitrogens with zero attached hydrogens (tertiary/aromatic N) is 1. The van der Waals surface area contributed by atoms with E-state index in [2.05, 4.69) is 10.3 Å². The van der Waals surface area contributed by atoms with Crippen molar-refractivity contribution in [3.05, 3.63) is 65.4 Å². The number of carbonyl (C=O) groups is 2. The van der Waals surface area contributed by atoms with Crippen LogP contribution in [0.3, 0.4) is 0 Å². The Morgan fingerprint density at radius 3 is 2.86 bits per heavy atom. The predicted octanol–water partition coefficient (Wildman–Crippen LogP) is 4.02. The molecule has 0 bridgehead atoms. The lowest BCUT2D eigenvalue weighted by molar-refractivity contribution is -0.141. The van der Waals surface area contributed by atoms with Crippen LogP contribution in [0.4, 0.5) is 5.69 Å². The Balaban J connectivity index is 1.80. The molecule has 1 aliphatic rings. The van der Waals surface area contributed by atoms with Crippen molar-refractivity contribution in [3.8, 4) is 5.75 Å². The minimum atomic E-state index is -1.29. The molecular weight excluding hydrogens is 380 g/mol. The Bertz CT molecular complexity index is 1080. The third kappa shape index (κ3) is 3.16. The standard InChI is InChI=1S/C21H17ClN2O4/c22-14-5-6-18-16(9-14)21(7-8-28-18,10-19(25)26)20(27)24-17-12-23-11-13-3-1-2-4-15(13)17/h1-6,9,11-12H,7-8,10H2,(H,24,27)(H,25,26). The Morgan fingerprint density at radius 2 is 2.04 bits per heavy atom. The van der Waals surface area contributed by atoms with Crippen LogP contribution in [0.5, 0.6) is 5.75 Å². The van der Waals surface area contributed by atoms with Crippen LogP contribution in [0.15, 0.2) is 54.9 Å². The van der Waals surface area contributed by atoms with Gasteiger partial charge in [0.1, 0.15) is 5.75 Å². The number of nitrogens with one attached hydrogen (secondary N) is 1. The Kier molecular flexibility index (Phi) is 4.65. The highest BCUT2D eigenvalue weighted by Gasteiger charge is 2.46. The lowest BCUT2D eigenvalue weighted by Crippen LogP contribution is -2.45. The molecule has 4 rings (SSSR count). The topological polar surface area (TPSA) is 88.5 Å². The van der Waals surface area contributed by atoms with Crippen molar-refractivity contribution < 1.29 is 19.4 Å². The molecule has 0 spiro atoms. The van der Waals surface area contributed by atoms with Crippen LogP contribution in [-0.2, 0) is 15.0 Å². The molecule has 3 aromatic rings. The van der Waals surface area contributed by atoms with Gasteiger partial charge in [0.2, 0.25) is 5.91 Å². The molecule has 1 aromatic heterocycles. The smallest absolute Gasteiger partial charge is 0.304 e. The number of benzene rings is 2. The summed E-state index contributed by atoms with van der Waals surface area (Å²) in [6.45, 7) is 0.239. The highest BCUT2D eigenvalue weighted by Crippen LogP contribution is 2.43. The van der Waals surface area contributed by atoms with Crippen LogP contribution in [-0.4, -0.2) is 28.6 Å². The molecule has 1 atom stereocenters. The van der Waals surface area contributed by atoms with Crippen molar-refractivity contribution in [2.75, 3.05) is 11.9 Å². The first kappa shape index (κ1) is 18.3. The van der Waals surface area contributed by atoms with Crippen LogP contribution in [0.2, 0.25) is 5.02 Å².